The van der Waals surface area contributed by atoms with Crippen molar-refractivity contribution in [3.8, 4) is 16.9 Å². The van der Waals surface area contributed by atoms with Crippen LogP contribution in [0.5, 0.6) is 0 Å². The molecule has 1 heterocycles. The predicted octanol–water partition coefficient (Wildman–Crippen LogP) is 3.64. The van der Waals surface area contributed by atoms with Crippen molar-refractivity contribution >= 4 is 17.9 Å². The predicted molar refractivity (Wildman–Crippen MR) is 85.6 cm³/mol. The summed E-state index contributed by atoms with van der Waals surface area (Å²) < 4.78 is 28.0. The minimum atomic E-state index is -0.700. The maximum Gasteiger partial charge on any atom is 0.282 e. The van der Waals surface area contributed by atoms with Crippen LogP contribution in [0.4, 0.5) is 8.78 Å². The van der Waals surface area contributed by atoms with E-state index < -0.39 is 17.2 Å². The van der Waals surface area contributed by atoms with Gasteiger partial charge in [0.2, 0.25) is 0 Å². The number of hydrogen-bond acceptors (Lipinski definition) is 3. The molecule has 0 radical (unpaired) electrons. The van der Waals surface area contributed by atoms with E-state index in [1.807, 2.05) is 0 Å². The first-order valence-corrected chi connectivity index (χ1v) is 7.18. The molecule has 0 fully saturated rings. The molecule has 7 heteroatoms. The lowest BCUT2D eigenvalue weighted by Gasteiger charge is -2.09. The van der Waals surface area contributed by atoms with E-state index in [0.29, 0.717) is 11.8 Å². The zero-order valence-electron chi connectivity index (χ0n) is 12.0. The lowest BCUT2D eigenvalue weighted by Crippen LogP contribution is -2.25. The van der Waals surface area contributed by atoms with Crippen molar-refractivity contribution in [2.75, 3.05) is 0 Å². The fraction of sp³-hybridized carbons (Fsp3) is 0. The standard InChI is InChI=1S/C17H9ClF2N2O2/c18-14-5-4-10(6-15(14)20)16-7-11(9-23)17(24)22(21-16)13-3-1-2-12(19)8-13/h1-9H. The van der Waals surface area contributed by atoms with Gasteiger partial charge >= 0.3 is 0 Å². The van der Waals surface area contributed by atoms with Crippen molar-refractivity contribution in [2.45, 2.75) is 0 Å². The summed E-state index contributed by atoms with van der Waals surface area (Å²) in [5, 5.41) is 4.04. The van der Waals surface area contributed by atoms with Crippen LogP contribution in [0.1, 0.15) is 10.4 Å². The molecule has 0 aliphatic heterocycles. The molecule has 120 valence electrons. The van der Waals surface area contributed by atoms with Crippen molar-refractivity contribution < 1.29 is 13.6 Å². The third-order valence-corrected chi connectivity index (χ3v) is 3.64. The Balaban J connectivity index is 2.25. The van der Waals surface area contributed by atoms with Gasteiger partial charge < -0.3 is 0 Å². The van der Waals surface area contributed by atoms with Crippen LogP contribution in [0, 0.1) is 11.6 Å². The summed E-state index contributed by atoms with van der Waals surface area (Å²) in [6.07, 6.45) is 0.371. The fourth-order valence-corrected chi connectivity index (χ4v) is 2.29. The number of carbonyl (C=O) groups is 1. The first-order valence-electron chi connectivity index (χ1n) is 6.80. The van der Waals surface area contributed by atoms with Gasteiger partial charge in [-0.25, -0.2) is 8.78 Å². The summed E-state index contributed by atoms with van der Waals surface area (Å²) in [7, 11) is 0. The van der Waals surface area contributed by atoms with Crippen molar-refractivity contribution in [1.29, 1.82) is 0 Å². The molecule has 0 aliphatic carbocycles. The van der Waals surface area contributed by atoms with Gasteiger partial charge in [-0.3, -0.25) is 9.59 Å². The van der Waals surface area contributed by atoms with Gasteiger partial charge in [-0.2, -0.15) is 9.78 Å². The van der Waals surface area contributed by atoms with Crippen molar-refractivity contribution in [1.82, 2.24) is 9.78 Å². The van der Waals surface area contributed by atoms with Crippen molar-refractivity contribution in [2.24, 2.45) is 0 Å². The molecule has 0 amide bonds. The van der Waals surface area contributed by atoms with Crippen LogP contribution in [0.3, 0.4) is 0 Å². The minimum Gasteiger partial charge on any atom is -0.298 e. The highest BCUT2D eigenvalue weighted by Gasteiger charge is 2.13. The number of aromatic nitrogens is 2. The second-order valence-electron chi connectivity index (χ2n) is 4.93. The molecule has 0 aliphatic rings. The minimum absolute atomic E-state index is 0.0622. The first-order chi connectivity index (χ1) is 11.5. The molecule has 24 heavy (non-hydrogen) atoms. The van der Waals surface area contributed by atoms with Crippen LogP contribution < -0.4 is 5.56 Å². The molecule has 0 N–H and O–H groups in total. The van der Waals surface area contributed by atoms with Crippen molar-refractivity contribution in [3.63, 3.8) is 0 Å². The number of nitrogens with zero attached hydrogens (tertiary/aromatic N) is 2. The van der Waals surface area contributed by atoms with E-state index in [2.05, 4.69) is 5.10 Å². The van der Waals surface area contributed by atoms with Crippen LogP contribution >= 0.6 is 11.6 Å². The summed E-state index contributed by atoms with van der Waals surface area (Å²) in [6, 6.07) is 10.4. The lowest BCUT2D eigenvalue weighted by atomic mass is 10.1. The van der Waals surface area contributed by atoms with Gasteiger partial charge in [0.05, 0.1) is 22.0 Å². The Morgan fingerprint density at radius 2 is 1.88 bits per heavy atom. The molecule has 0 atom stereocenters. The summed E-state index contributed by atoms with van der Waals surface area (Å²) in [5.74, 6) is -1.22. The molecule has 2 aromatic carbocycles. The Morgan fingerprint density at radius 3 is 2.54 bits per heavy atom. The molecular formula is C17H9ClF2N2O2. The molecule has 0 spiro atoms. The molecule has 0 saturated carbocycles. The number of carbonyl (C=O) groups excluding carboxylic acids is 1. The SMILES string of the molecule is O=Cc1cc(-c2ccc(Cl)c(F)c2)nn(-c2cccc(F)c2)c1=O. The quantitative estimate of drug-likeness (QED) is 0.680. The normalized spacial score (nSPS) is 10.6. The fourth-order valence-electron chi connectivity index (χ4n) is 2.18. The summed E-state index contributed by atoms with van der Waals surface area (Å²) in [4.78, 5) is 23.4. The Hall–Kier alpha value is -2.86. The Bertz CT molecular complexity index is 1000. The van der Waals surface area contributed by atoms with Crippen LogP contribution in [-0.2, 0) is 0 Å². The second kappa shape index (κ2) is 6.33. The molecule has 4 nitrogen and oxygen atoms in total. The highest BCUT2D eigenvalue weighted by Crippen LogP contribution is 2.23. The van der Waals surface area contributed by atoms with E-state index in [-0.39, 0.29) is 22.0 Å². The highest BCUT2D eigenvalue weighted by molar-refractivity contribution is 6.30. The molecular weight excluding hydrogens is 338 g/mol. The smallest absolute Gasteiger partial charge is 0.282 e. The number of aldehydes is 1. The topological polar surface area (TPSA) is 52.0 Å². The number of halogens is 3. The van der Waals surface area contributed by atoms with Gasteiger partial charge in [0.15, 0.2) is 6.29 Å². The third kappa shape index (κ3) is 2.96. The summed E-state index contributed by atoms with van der Waals surface area (Å²) in [6.45, 7) is 0. The van der Waals surface area contributed by atoms with E-state index in [1.54, 1.807) is 0 Å². The molecule has 3 rings (SSSR count). The molecule has 3 aromatic rings. The second-order valence-corrected chi connectivity index (χ2v) is 5.34. The average molecular weight is 347 g/mol. The van der Waals surface area contributed by atoms with Crippen LogP contribution in [0.25, 0.3) is 16.9 Å². The van der Waals surface area contributed by atoms with Gasteiger partial charge in [-0.1, -0.05) is 23.7 Å². The molecule has 0 saturated heterocycles. The van der Waals surface area contributed by atoms with Gasteiger partial charge in [0.25, 0.3) is 5.56 Å². The van der Waals surface area contributed by atoms with Crippen molar-refractivity contribution in [3.05, 3.63) is 81.1 Å². The molecule has 0 bridgehead atoms. The Kier molecular flexibility index (Phi) is 4.22. The van der Waals surface area contributed by atoms with Crippen LogP contribution in [-0.4, -0.2) is 16.1 Å². The maximum absolute atomic E-state index is 13.7. The van der Waals surface area contributed by atoms with E-state index >= 15 is 0 Å². The largest absolute Gasteiger partial charge is 0.298 e. The van der Waals surface area contributed by atoms with E-state index in [0.717, 1.165) is 16.8 Å². The molecule has 1 aromatic heterocycles. The van der Waals surface area contributed by atoms with E-state index in [1.165, 1.54) is 36.4 Å². The molecule has 0 unspecified atom stereocenters. The van der Waals surface area contributed by atoms with Gasteiger partial charge in [-0.05, 0) is 36.4 Å². The van der Waals surface area contributed by atoms with Gasteiger partial charge in [-0.15, -0.1) is 0 Å². The van der Waals surface area contributed by atoms with E-state index in [9.17, 15) is 18.4 Å². The van der Waals surface area contributed by atoms with Gasteiger partial charge in [0, 0.05) is 5.56 Å². The lowest BCUT2D eigenvalue weighted by molar-refractivity contribution is 0.112. The third-order valence-electron chi connectivity index (χ3n) is 3.33. The number of benzene rings is 2. The number of hydrogen-bond donors (Lipinski definition) is 0. The average Bonchev–Trinajstić information content (AvgIpc) is 2.57. The van der Waals surface area contributed by atoms with E-state index in [4.69, 9.17) is 11.6 Å². The summed E-state index contributed by atoms with van der Waals surface area (Å²) in [5.41, 5.74) is -0.227. The zero-order valence-corrected chi connectivity index (χ0v) is 12.8. The first kappa shape index (κ1) is 16.0. The number of rotatable bonds is 3. The van der Waals surface area contributed by atoms with Crippen LogP contribution in [0.15, 0.2) is 53.3 Å². The zero-order chi connectivity index (χ0) is 17.3. The Morgan fingerprint density at radius 1 is 1.08 bits per heavy atom. The Labute approximate surface area is 139 Å². The van der Waals surface area contributed by atoms with Gasteiger partial charge in [0.1, 0.15) is 11.6 Å². The van der Waals surface area contributed by atoms with Crippen LogP contribution in [0.2, 0.25) is 5.02 Å². The maximum atomic E-state index is 13.7. The summed E-state index contributed by atoms with van der Waals surface area (Å²) >= 11 is 5.65. The highest BCUT2D eigenvalue weighted by atomic mass is 35.5. The monoisotopic (exact) mass is 346 g/mol.